The summed E-state index contributed by atoms with van der Waals surface area (Å²) in [5, 5.41) is 12.0. The van der Waals surface area contributed by atoms with E-state index in [2.05, 4.69) is 32.0 Å². The standard InChI is InChI=1S/C22H27N3O2S/c1-4-20(26)16-7-9-24(10-8-16)21(27)19-13-28-22-23-18(12-25(19)22)17-11-14(2)5-6-15(17)3/h5-6,11-13,16,20,26H,4,7-10H2,1-3H3. The Balaban J connectivity index is 1.57. The van der Waals surface area contributed by atoms with Gasteiger partial charge in [-0.25, -0.2) is 4.98 Å². The van der Waals surface area contributed by atoms with Crippen LogP contribution < -0.4 is 0 Å². The molecule has 6 heteroatoms. The number of hydrogen-bond donors (Lipinski definition) is 1. The van der Waals surface area contributed by atoms with Gasteiger partial charge in [0.15, 0.2) is 4.96 Å². The second-order valence-corrected chi connectivity index (χ2v) is 8.66. The summed E-state index contributed by atoms with van der Waals surface area (Å²) in [5.41, 5.74) is 5.08. The van der Waals surface area contributed by atoms with Gasteiger partial charge in [-0.1, -0.05) is 24.6 Å². The topological polar surface area (TPSA) is 57.8 Å². The second-order valence-electron chi connectivity index (χ2n) is 7.82. The predicted octanol–water partition coefficient (Wildman–Crippen LogP) is 4.30. The number of carbonyl (C=O) groups is 1. The van der Waals surface area contributed by atoms with E-state index in [1.807, 2.05) is 27.8 Å². The minimum Gasteiger partial charge on any atom is -0.393 e. The van der Waals surface area contributed by atoms with Crippen molar-refractivity contribution in [2.75, 3.05) is 13.1 Å². The third-order valence-electron chi connectivity index (χ3n) is 5.89. The number of benzene rings is 1. The van der Waals surface area contributed by atoms with Crippen molar-refractivity contribution in [3.63, 3.8) is 0 Å². The zero-order chi connectivity index (χ0) is 19.8. The Hall–Kier alpha value is -2.18. The normalized spacial score (nSPS) is 16.6. The first-order valence-corrected chi connectivity index (χ1v) is 10.9. The largest absolute Gasteiger partial charge is 0.393 e. The van der Waals surface area contributed by atoms with E-state index < -0.39 is 0 Å². The molecule has 0 spiro atoms. The summed E-state index contributed by atoms with van der Waals surface area (Å²) in [5.74, 6) is 0.362. The first-order chi connectivity index (χ1) is 13.5. The number of rotatable bonds is 4. The number of fused-ring (bicyclic) bond motifs is 1. The third-order valence-corrected chi connectivity index (χ3v) is 6.73. The molecule has 4 rings (SSSR count). The zero-order valence-electron chi connectivity index (χ0n) is 16.7. The molecule has 1 saturated heterocycles. The van der Waals surface area contributed by atoms with Crippen molar-refractivity contribution in [1.82, 2.24) is 14.3 Å². The van der Waals surface area contributed by atoms with E-state index >= 15 is 0 Å². The van der Waals surface area contributed by atoms with Gasteiger partial charge in [0.05, 0.1) is 11.8 Å². The molecule has 3 heterocycles. The molecule has 1 aromatic carbocycles. The van der Waals surface area contributed by atoms with Crippen LogP contribution in [0.2, 0.25) is 0 Å². The van der Waals surface area contributed by atoms with Crippen molar-refractivity contribution in [3.05, 3.63) is 46.6 Å². The van der Waals surface area contributed by atoms with Gasteiger partial charge in [-0.2, -0.15) is 0 Å². The maximum atomic E-state index is 13.1. The molecule has 0 aliphatic carbocycles. The number of hydrogen-bond acceptors (Lipinski definition) is 4. The van der Waals surface area contributed by atoms with Crippen LogP contribution >= 0.6 is 11.3 Å². The maximum absolute atomic E-state index is 13.1. The van der Waals surface area contributed by atoms with Gasteiger partial charge >= 0.3 is 0 Å². The lowest BCUT2D eigenvalue weighted by molar-refractivity contribution is 0.0450. The number of amides is 1. The van der Waals surface area contributed by atoms with Crippen LogP contribution in [0, 0.1) is 19.8 Å². The molecule has 1 amide bonds. The highest BCUT2D eigenvalue weighted by atomic mass is 32.1. The number of thiazole rings is 1. The Morgan fingerprint density at radius 1 is 1.32 bits per heavy atom. The summed E-state index contributed by atoms with van der Waals surface area (Å²) in [6.45, 7) is 7.59. The van der Waals surface area contributed by atoms with Crippen molar-refractivity contribution in [3.8, 4) is 11.3 Å². The van der Waals surface area contributed by atoms with Crippen molar-refractivity contribution in [2.24, 2.45) is 5.92 Å². The van der Waals surface area contributed by atoms with E-state index in [-0.39, 0.29) is 12.0 Å². The van der Waals surface area contributed by atoms with Crippen LogP contribution in [0.3, 0.4) is 0 Å². The quantitative estimate of drug-likeness (QED) is 0.714. The van der Waals surface area contributed by atoms with E-state index in [4.69, 9.17) is 4.98 Å². The van der Waals surface area contributed by atoms with Crippen molar-refractivity contribution < 1.29 is 9.90 Å². The predicted molar refractivity (Wildman–Crippen MR) is 113 cm³/mol. The summed E-state index contributed by atoms with van der Waals surface area (Å²) in [7, 11) is 0. The van der Waals surface area contributed by atoms with Crippen LogP contribution in [-0.2, 0) is 0 Å². The average Bonchev–Trinajstić information content (AvgIpc) is 3.29. The molecule has 0 bridgehead atoms. The van der Waals surface area contributed by atoms with Crippen LogP contribution in [-0.4, -0.2) is 44.5 Å². The molecule has 1 atom stereocenters. The van der Waals surface area contributed by atoms with Gasteiger partial charge in [0.25, 0.3) is 5.91 Å². The number of aliphatic hydroxyl groups excluding tert-OH is 1. The van der Waals surface area contributed by atoms with Crippen LogP contribution in [0.1, 0.15) is 47.8 Å². The van der Waals surface area contributed by atoms with Gasteiger partial charge < -0.3 is 10.0 Å². The molecule has 2 aromatic heterocycles. The van der Waals surface area contributed by atoms with E-state index in [9.17, 15) is 9.90 Å². The molecule has 3 aromatic rings. The van der Waals surface area contributed by atoms with Crippen LogP contribution in [0.25, 0.3) is 16.2 Å². The Kier molecular flexibility index (Phi) is 5.25. The molecule has 1 N–H and O–H groups in total. The number of nitrogens with zero attached hydrogens (tertiary/aromatic N) is 3. The average molecular weight is 398 g/mol. The highest BCUT2D eigenvalue weighted by molar-refractivity contribution is 7.15. The summed E-state index contributed by atoms with van der Waals surface area (Å²) in [6, 6.07) is 6.36. The number of carbonyl (C=O) groups excluding carboxylic acids is 1. The Morgan fingerprint density at radius 3 is 2.79 bits per heavy atom. The number of likely N-dealkylation sites (tertiary alicyclic amines) is 1. The summed E-state index contributed by atoms with van der Waals surface area (Å²) < 4.78 is 1.93. The highest BCUT2D eigenvalue weighted by Crippen LogP contribution is 2.28. The van der Waals surface area contributed by atoms with Gasteiger partial charge in [-0.3, -0.25) is 9.20 Å². The lowest BCUT2D eigenvalue weighted by atomic mass is 9.90. The summed E-state index contributed by atoms with van der Waals surface area (Å²) >= 11 is 1.51. The molecule has 0 radical (unpaired) electrons. The van der Waals surface area contributed by atoms with Crippen molar-refractivity contribution >= 4 is 22.2 Å². The molecule has 5 nitrogen and oxygen atoms in total. The molecule has 148 valence electrons. The van der Waals surface area contributed by atoms with Crippen molar-refractivity contribution in [1.29, 1.82) is 0 Å². The Morgan fingerprint density at radius 2 is 2.07 bits per heavy atom. The van der Waals surface area contributed by atoms with E-state index in [0.717, 1.165) is 35.5 Å². The molecule has 0 saturated carbocycles. The molecule has 1 unspecified atom stereocenters. The summed E-state index contributed by atoms with van der Waals surface area (Å²) in [6.07, 6.45) is 4.24. The fourth-order valence-corrected chi connectivity index (χ4v) is 4.91. The fourth-order valence-electron chi connectivity index (χ4n) is 4.06. The number of imidazole rings is 1. The van der Waals surface area contributed by atoms with Gasteiger partial charge in [0, 0.05) is 30.2 Å². The van der Waals surface area contributed by atoms with E-state index in [1.165, 1.54) is 22.5 Å². The van der Waals surface area contributed by atoms with Crippen LogP contribution in [0.15, 0.2) is 29.8 Å². The van der Waals surface area contributed by atoms with E-state index in [0.29, 0.717) is 24.7 Å². The Labute approximate surface area is 169 Å². The molecule has 1 aliphatic rings. The second kappa shape index (κ2) is 7.68. The van der Waals surface area contributed by atoms with Gasteiger partial charge in [-0.15, -0.1) is 11.3 Å². The zero-order valence-corrected chi connectivity index (χ0v) is 17.5. The van der Waals surface area contributed by atoms with Gasteiger partial charge in [0.1, 0.15) is 5.69 Å². The molecular formula is C22H27N3O2S. The monoisotopic (exact) mass is 397 g/mol. The third kappa shape index (κ3) is 3.47. The SMILES string of the molecule is CCC(O)C1CCN(C(=O)c2csc3nc(-c4cc(C)ccc4C)cn23)CC1. The Bertz CT molecular complexity index is 999. The number of aliphatic hydroxyl groups is 1. The molecule has 1 fully saturated rings. The molecule has 28 heavy (non-hydrogen) atoms. The van der Waals surface area contributed by atoms with Gasteiger partial charge in [0.2, 0.25) is 0 Å². The molecule has 1 aliphatic heterocycles. The number of aromatic nitrogens is 2. The first-order valence-electron chi connectivity index (χ1n) is 9.99. The van der Waals surface area contributed by atoms with E-state index in [1.54, 1.807) is 0 Å². The van der Waals surface area contributed by atoms with Crippen molar-refractivity contribution in [2.45, 2.75) is 46.1 Å². The minimum atomic E-state index is -0.251. The minimum absolute atomic E-state index is 0.0561. The fraction of sp³-hybridized carbons (Fsp3) is 0.455. The molecular weight excluding hydrogens is 370 g/mol. The lowest BCUT2D eigenvalue weighted by Gasteiger charge is -2.33. The number of piperidine rings is 1. The van der Waals surface area contributed by atoms with Crippen LogP contribution in [0.5, 0.6) is 0 Å². The maximum Gasteiger partial charge on any atom is 0.271 e. The number of aryl methyl sites for hydroxylation is 2. The van der Waals surface area contributed by atoms with Gasteiger partial charge in [-0.05, 0) is 50.7 Å². The lowest BCUT2D eigenvalue weighted by Crippen LogP contribution is -2.41. The van der Waals surface area contributed by atoms with Crippen LogP contribution in [0.4, 0.5) is 0 Å². The smallest absolute Gasteiger partial charge is 0.271 e. The highest BCUT2D eigenvalue weighted by Gasteiger charge is 2.28. The first kappa shape index (κ1) is 19.2. The summed E-state index contributed by atoms with van der Waals surface area (Å²) in [4.78, 5) is 20.6.